The van der Waals surface area contributed by atoms with Crippen LogP contribution in [0.2, 0.25) is 0 Å². The molecule has 92 valence electrons. The molecule has 0 saturated heterocycles. The van der Waals surface area contributed by atoms with Gasteiger partial charge in [0.25, 0.3) is 0 Å². The second kappa shape index (κ2) is 4.83. The number of thiophene rings is 1. The summed E-state index contributed by atoms with van der Waals surface area (Å²) in [6.45, 7) is 2.00. The number of nitrogens with zero attached hydrogens (tertiary/aromatic N) is 3. The van der Waals surface area contributed by atoms with E-state index in [9.17, 15) is 0 Å². The van der Waals surface area contributed by atoms with Gasteiger partial charge in [0.1, 0.15) is 10.6 Å². The summed E-state index contributed by atoms with van der Waals surface area (Å²) in [4.78, 5) is 14.1. The van der Waals surface area contributed by atoms with E-state index in [2.05, 4.69) is 20.3 Å². The number of anilines is 1. The van der Waals surface area contributed by atoms with Gasteiger partial charge in [-0.1, -0.05) is 11.8 Å². The van der Waals surface area contributed by atoms with Gasteiger partial charge in [-0.15, -0.1) is 22.7 Å². The van der Waals surface area contributed by atoms with Crippen molar-refractivity contribution in [3.8, 4) is 0 Å². The molecule has 2 N–H and O–H groups in total. The summed E-state index contributed by atoms with van der Waals surface area (Å²) in [5.74, 6) is 1.33. The van der Waals surface area contributed by atoms with E-state index in [1.165, 1.54) is 0 Å². The lowest BCUT2D eigenvalue weighted by Crippen LogP contribution is -1.95. The van der Waals surface area contributed by atoms with E-state index >= 15 is 0 Å². The zero-order valence-corrected chi connectivity index (χ0v) is 12.0. The maximum atomic E-state index is 5.90. The zero-order chi connectivity index (χ0) is 12.5. The third-order valence-corrected chi connectivity index (χ3v) is 4.86. The van der Waals surface area contributed by atoms with E-state index in [-0.39, 0.29) is 0 Å². The highest BCUT2D eigenvalue weighted by atomic mass is 32.2. The lowest BCUT2D eigenvalue weighted by atomic mass is 10.4. The standard InChI is InChI=1S/C11H10N4S3/c1-6-13-7(4-17-6)5-18-11-14-9(12)8-2-3-16-10(8)15-11/h2-4H,5H2,1H3,(H2,12,14,15). The molecule has 0 aliphatic carbocycles. The van der Waals surface area contributed by atoms with Gasteiger partial charge in [0.15, 0.2) is 5.16 Å². The van der Waals surface area contributed by atoms with Crippen molar-refractivity contribution in [1.82, 2.24) is 15.0 Å². The molecule has 0 aromatic carbocycles. The van der Waals surface area contributed by atoms with E-state index in [1.807, 2.05) is 18.4 Å². The van der Waals surface area contributed by atoms with Crippen LogP contribution in [0.25, 0.3) is 10.2 Å². The summed E-state index contributed by atoms with van der Waals surface area (Å²) >= 11 is 4.81. The van der Waals surface area contributed by atoms with Gasteiger partial charge in [0.05, 0.1) is 16.1 Å². The molecule has 3 aromatic heterocycles. The molecule has 0 aliphatic rings. The number of fused-ring (bicyclic) bond motifs is 1. The minimum atomic E-state index is 0.554. The number of nitrogen functional groups attached to an aromatic ring is 1. The van der Waals surface area contributed by atoms with Gasteiger partial charge in [-0.2, -0.15) is 0 Å². The molecular formula is C11H10N4S3. The third kappa shape index (κ3) is 2.33. The van der Waals surface area contributed by atoms with Crippen molar-refractivity contribution < 1.29 is 0 Å². The molecule has 0 fully saturated rings. The third-order valence-electron chi connectivity index (χ3n) is 2.35. The van der Waals surface area contributed by atoms with E-state index in [1.54, 1.807) is 34.4 Å². The van der Waals surface area contributed by atoms with Crippen LogP contribution < -0.4 is 5.73 Å². The average molecular weight is 294 g/mol. The molecule has 18 heavy (non-hydrogen) atoms. The highest BCUT2D eigenvalue weighted by Gasteiger charge is 2.07. The first-order valence-electron chi connectivity index (χ1n) is 5.27. The second-order valence-corrected chi connectivity index (χ2v) is 6.58. The Morgan fingerprint density at radius 2 is 2.17 bits per heavy atom. The zero-order valence-electron chi connectivity index (χ0n) is 9.58. The molecule has 4 nitrogen and oxygen atoms in total. The van der Waals surface area contributed by atoms with Crippen molar-refractivity contribution in [1.29, 1.82) is 0 Å². The van der Waals surface area contributed by atoms with Crippen LogP contribution >= 0.6 is 34.4 Å². The van der Waals surface area contributed by atoms with E-state index in [0.717, 1.165) is 26.7 Å². The Labute approximate surface area is 116 Å². The van der Waals surface area contributed by atoms with Crippen molar-refractivity contribution in [2.45, 2.75) is 17.8 Å². The van der Waals surface area contributed by atoms with Gasteiger partial charge >= 0.3 is 0 Å². The Bertz CT molecular complexity index is 688. The summed E-state index contributed by atoms with van der Waals surface area (Å²) in [6, 6.07) is 1.95. The minimum Gasteiger partial charge on any atom is -0.383 e. The quantitative estimate of drug-likeness (QED) is 0.593. The fraction of sp³-hybridized carbons (Fsp3) is 0.182. The molecule has 0 bridgehead atoms. The molecular weight excluding hydrogens is 284 g/mol. The van der Waals surface area contributed by atoms with Crippen molar-refractivity contribution in [3.05, 3.63) is 27.5 Å². The highest BCUT2D eigenvalue weighted by molar-refractivity contribution is 7.98. The lowest BCUT2D eigenvalue weighted by molar-refractivity contribution is 1.01. The molecule has 0 radical (unpaired) electrons. The summed E-state index contributed by atoms with van der Waals surface area (Å²) < 4.78 is 0. The Kier molecular flexibility index (Phi) is 3.19. The normalized spacial score (nSPS) is 11.2. The summed E-state index contributed by atoms with van der Waals surface area (Å²) in [5.41, 5.74) is 6.97. The van der Waals surface area contributed by atoms with Crippen molar-refractivity contribution in [2.24, 2.45) is 0 Å². The molecule has 0 amide bonds. The predicted molar refractivity (Wildman–Crippen MR) is 78.2 cm³/mol. The molecule has 3 heterocycles. The number of nitrogens with two attached hydrogens (primary N) is 1. The Hall–Kier alpha value is -1.18. The Morgan fingerprint density at radius 3 is 2.94 bits per heavy atom. The minimum absolute atomic E-state index is 0.554. The number of hydrogen-bond donors (Lipinski definition) is 1. The summed E-state index contributed by atoms with van der Waals surface area (Å²) in [7, 11) is 0. The van der Waals surface area contributed by atoms with Gasteiger partial charge in [-0.05, 0) is 18.4 Å². The fourth-order valence-electron chi connectivity index (χ4n) is 1.54. The Morgan fingerprint density at radius 1 is 1.28 bits per heavy atom. The van der Waals surface area contributed by atoms with Gasteiger partial charge in [-0.3, -0.25) is 0 Å². The number of thioether (sulfide) groups is 1. The fourth-order valence-corrected chi connectivity index (χ4v) is 3.83. The Balaban J connectivity index is 1.82. The van der Waals surface area contributed by atoms with E-state index < -0.39 is 0 Å². The molecule has 3 aromatic rings. The molecule has 0 spiro atoms. The number of aromatic nitrogens is 3. The van der Waals surface area contributed by atoms with E-state index in [4.69, 9.17) is 5.73 Å². The topological polar surface area (TPSA) is 64.7 Å². The SMILES string of the molecule is Cc1nc(CSc2nc(N)c3ccsc3n2)cs1. The van der Waals surface area contributed by atoms with Crippen LogP contribution in [0.5, 0.6) is 0 Å². The number of hydrogen-bond acceptors (Lipinski definition) is 7. The van der Waals surface area contributed by atoms with Crippen LogP contribution in [-0.2, 0) is 5.75 Å². The molecule has 0 unspecified atom stereocenters. The van der Waals surface area contributed by atoms with Gasteiger partial charge in [0, 0.05) is 11.1 Å². The largest absolute Gasteiger partial charge is 0.383 e. The maximum Gasteiger partial charge on any atom is 0.191 e. The van der Waals surface area contributed by atoms with Gasteiger partial charge in [-0.25, -0.2) is 15.0 Å². The molecule has 0 atom stereocenters. The van der Waals surface area contributed by atoms with Crippen LogP contribution in [0.1, 0.15) is 10.7 Å². The van der Waals surface area contributed by atoms with Gasteiger partial charge in [0.2, 0.25) is 0 Å². The average Bonchev–Trinajstić information content (AvgIpc) is 2.95. The predicted octanol–water partition coefficient (Wildman–Crippen LogP) is 3.33. The monoisotopic (exact) mass is 294 g/mol. The van der Waals surface area contributed by atoms with Crippen LogP contribution in [0.3, 0.4) is 0 Å². The summed E-state index contributed by atoms with van der Waals surface area (Å²) in [5, 5.41) is 6.78. The summed E-state index contributed by atoms with van der Waals surface area (Å²) in [6.07, 6.45) is 0. The van der Waals surface area contributed by atoms with E-state index in [0.29, 0.717) is 11.0 Å². The van der Waals surface area contributed by atoms with Crippen LogP contribution in [0.15, 0.2) is 22.0 Å². The first-order valence-corrected chi connectivity index (χ1v) is 8.01. The number of rotatable bonds is 3. The molecule has 3 rings (SSSR count). The van der Waals surface area contributed by atoms with Crippen molar-refractivity contribution >= 4 is 50.5 Å². The molecule has 0 aliphatic heterocycles. The maximum absolute atomic E-state index is 5.90. The highest BCUT2D eigenvalue weighted by Crippen LogP contribution is 2.27. The number of aryl methyl sites for hydroxylation is 1. The first kappa shape index (κ1) is 11.9. The van der Waals surface area contributed by atoms with Crippen LogP contribution in [0, 0.1) is 6.92 Å². The smallest absolute Gasteiger partial charge is 0.191 e. The van der Waals surface area contributed by atoms with Crippen LogP contribution in [-0.4, -0.2) is 15.0 Å². The van der Waals surface area contributed by atoms with Gasteiger partial charge < -0.3 is 5.73 Å². The lowest BCUT2D eigenvalue weighted by Gasteiger charge is -2.00. The second-order valence-electron chi connectivity index (χ2n) is 3.68. The van der Waals surface area contributed by atoms with Crippen LogP contribution in [0.4, 0.5) is 5.82 Å². The van der Waals surface area contributed by atoms with Crippen molar-refractivity contribution in [2.75, 3.05) is 5.73 Å². The molecule has 0 saturated carbocycles. The molecule has 7 heteroatoms. The van der Waals surface area contributed by atoms with Crippen molar-refractivity contribution in [3.63, 3.8) is 0 Å². The first-order chi connectivity index (χ1) is 8.72. The number of thiazole rings is 1.